The van der Waals surface area contributed by atoms with Crippen molar-refractivity contribution >= 4 is 25.7 Å². The van der Waals surface area contributed by atoms with Gasteiger partial charge < -0.3 is 9.47 Å². The number of benzene rings is 2. The number of nitrogens with zero attached hydrogens (tertiary/aromatic N) is 1. The molecule has 1 aliphatic heterocycles. The van der Waals surface area contributed by atoms with Gasteiger partial charge in [0, 0.05) is 20.2 Å². The monoisotopic (exact) mass is 426 g/mol. The summed E-state index contributed by atoms with van der Waals surface area (Å²) in [6.45, 7) is 4.20. The number of ether oxygens (including phenoxy) is 2. The Morgan fingerprint density at radius 1 is 0.893 bits per heavy atom. The van der Waals surface area contributed by atoms with E-state index >= 15 is 0 Å². The number of fused-ring (bicyclic) bond motifs is 1. The summed E-state index contributed by atoms with van der Waals surface area (Å²) < 4.78 is 65.1. The summed E-state index contributed by atoms with van der Waals surface area (Å²) in [6, 6.07) is 7.19. The highest BCUT2D eigenvalue weighted by Crippen LogP contribution is 2.33. The molecule has 0 saturated carbocycles. The lowest BCUT2D eigenvalue weighted by atomic mass is 10.1. The molecule has 1 aliphatic rings. The number of aryl methyl sites for hydroxylation is 1. The van der Waals surface area contributed by atoms with Crippen molar-refractivity contribution in [1.29, 1.82) is 0 Å². The van der Waals surface area contributed by atoms with Gasteiger partial charge in [0.05, 0.1) is 15.5 Å². The van der Waals surface area contributed by atoms with Gasteiger partial charge in [0.15, 0.2) is 11.5 Å². The second kappa shape index (κ2) is 7.26. The second-order valence-corrected chi connectivity index (χ2v) is 10.4. The molecule has 10 heteroatoms. The summed E-state index contributed by atoms with van der Waals surface area (Å²) in [7, 11) is -4.83. The molecule has 3 rings (SSSR count). The van der Waals surface area contributed by atoms with E-state index in [0.29, 0.717) is 35.8 Å². The summed E-state index contributed by atoms with van der Waals surface area (Å²) in [4.78, 5) is 0.00940. The van der Waals surface area contributed by atoms with Gasteiger partial charge in [-0.3, -0.25) is 4.72 Å². The van der Waals surface area contributed by atoms with Crippen LogP contribution in [-0.2, 0) is 20.0 Å². The van der Waals surface area contributed by atoms with E-state index in [0.717, 1.165) is 4.31 Å². The van der Waals surface area contributed by atoms with E-state index in [1.54, 1.807) is 13.8 Å². The van der Waals surface area contributed by atoms with Crippen LogP contribution in [0.4, 0.5) is 5.69 Å². The summed E-state index contributed by atoms with van der Waals surface area (Å²) in [5.41, 5.74) is 1.50. The molecule has 0 amide bonds. The molecule has 0 aromatic heterocycles. The standard InChI is InChI=1S/C18H22N2O6S2/c1-12-9-15(28(23,24)20(3)4)10-16(13(12)2)19-27(21,22)14-5-6-17-18(11-14)26-8-7-25-17/h5-6,9-11,19H,7-8H2,1-4H3. The molecule has 0 fully saturated rings. The molecule has 2 aromatic rings. The van der Waals surface area contributed by atoms with Crippen LogP contribution < -0.4 is 14.2 Å². The average Bonchev–Trinajstić information content (AvgIpc) is 2.64. The van der Waals surface area contributed by atoms with E-state index in [-0.39, 0.29) is 15.5 Å². The molecule has 0 radical (unpaired) electrons. The smallest absolute Gasteiger partial charge is 0.262 e. The average molecular weight is 427 g/mol. The molecule has 8 nitrogen and oxygen atoms in total. The molecule has 152 valence electrons. The first-order valence-corrected chi connectivity index (χ1v) is 11.4. The predicted octanol–water partition coefficient (Wildman–Crippen LogP) is 2.13. The molecule has 2 aromatic carbocycles. The highest BCUT2D eigenvalue weighted by molar-refractivity contribution is 7.92. The lowest BCUT2D eigenvalue weighted by Crippen LogP contribution is -2.23. The predicted molar refractivity (Wildman–Crippen MR) is 105 cm³/mol. The van der Waals surface area contributed by atoms with Crippen LogP contribution in [0.15, 0.2) is 40.1 Å². The highest BCUT2D eigenvalue weighted by Gasteiger charge is 2.23. The Morgan fingerprint density at radius 2 is 1.54 bits per heavy atom. The maximum Gasteiger partial charge on any atom is 0.262 e. The molecule has 1 N–H and O–H groups in total. The topological polar surface area (TPSA) is 102 Å². The molecule has 0 spiro atoms. The van der Waals surface area contributed by atoms with Gasteiger partial charge in [0.25, 0.3) is 10.0 Å². The summed E-state index contributed by atoms with van der Waals surface area (Å²) in [6.07, 6.45) is 0. The quantitative estimate of drug-likeness (QED) is 0.786. The third-order valence-corrected chi connectivity index (χ3v) is 7.64. The van der Waals surface area contributed by atoms with Crippen LogP contribution in [0.25, 0.3) is 0 Å². The van der Waals surface area contributed by atoms with Crippen LogP contribution in [0.3, 0.4) is 0 Å². The second-order valence-electron chi connectivity index (χ2n) is 6.61. The Kier molecular flexibility index (Phi) is 5.30. The van der Waals surface area contributed by atoms with Crippen LogP contribution in [0, 0.1) is 13.8 Å². The van der Waals surface area contributed by atoms with Gasteiger partial charge in [-0.25, -0.2) is 21.1 Å². The highest BCUT2D eigenvalue weighted by atomic mass is 32.2. The van der Waals surface area contributed by atoms with Gasteiger partial charge in [-0.2, -0.15) is 0 Å². The maximum absolute atomic E-state index is 12.9. The Bertz CT molecular complexity index is 1130. The molecule has 0 aliphatic carbocycles. The lowest BCUT2D eigenvalue weighted by Gasteiger charge is -2.20. The van der Waals surface area contributed by atoms with Crippen molar-refractivity contribution in [2.45, 2.75) is 23.6 Å². The summed E-state index contributed by atoms with van der Waals surface area (Å²) in [5, 5.41) is 0. The minimum absolute atomic E-state index is 0.00493. The van der Waals surface area contributed by atoms with Gasteiger partial charge in [0.2, 0.25) is 10.0 Å². The maximum atomic E-state index is 12.9. The zero-order valence-corrected chi connectivity index (χ0v) is 17.6. The molecule has 0 bridgehead atoms. The van der Waals surface area contributed by atoms with Crippen LogP contribution in [0.5, 0.6) is 11.5 Å². The number of sulfonamides is 2. The number of anilines is 1. The van der Waals surface area contributed by atoms with Crippen molar-refractivity contribution in [1.82, 2.24) is 4.31 Å². The number of nitrogens with one attached hydrogen (secondary N) is 1. The Labute approximate surface area is 165 Å². The van der Waals surface area contributed by atoms with Crippen LogP contribution in [-0.4, -0.2) is 48.4 Å². The molecular weight excluding hydrogens is 404 g/mol. The Balaban J connectivity index is 2.02. The molecular formula is C18H22N2O6S2. The minimum atomic E-state index is -3.96. The fourth-order valence-corrected chi connectivity index (χ4v) is 4.83. The van der Waals surface area contributed by atoms with Gasteiger partial charge >= 0.3 is 0 Å². The van der Waals surface area contributed by atoms with E-state index < -0.39 is 20.0 Å². The first-order valence-electron chi connectivity index (χ1n) is 8.48. The third kappa shape index (κ3) is 3.80. The Hall–Kier alpha value is -2.30. The van der Waals surface area contributed by atoms with Crippen molar-refractivity contribution in [3.63, 3.8) is 0 Å². The lowest BCUT2D eigenvalue weighted by molar-refractivity contribution is 0.171. The van der Waals surface area contributed by atoms with E-state index in [4.69, 9.17) is 9.47 Å². The van der Waals surface area contributed by atoms with E-state index in [1.165, 1.54) is 44.4 Å². The zero-order chi connectivity index (χ0) is 20.7. The zero-order valence-electron chi connectivity index (χ0n) is 16.0. The first kappa shape index (κ1) is 20.4. The normalized spacial score (nSPS) is 14.2. The van der Waals surface area contributed by atoms with Crippen LogP contribution in [0.2, 0.25) is 0 Å². The number of hydrogen-bond donors (Lipinski definition) is 1. The van der Waals surface area contributed by atoms with Crippen molar-refractivity contribution in [2.75, 3.05) is 32.0 Å². The largest absolute Gasteiger partial charge is 0.486 e. The number of hydrogen-bond acceptors (Lipinski definition) is 6. The van der Waals surface area contributed by atoms with Gasteiger partial charge in [0.1, 0.15) is 13.2 Å². The fraction of sp³-hybridized carbons (Fsp3) is 0.333. The van der Waals surface area contributed by atoms with Crippen molar-refractivity contribution in [3.8, 4) is 11.5 Å². The SMILES string of the molecule is Cc1cc(S(=O)(=O)N(C)C)cc(NS(=O)(=O)c2ccc3c(c2)OCCO3)c1C. The van der Waals surface area contributed by atoms with Crippen LogP contribution in [0.1, 0.15) is 11.1 Å². The molecule has 28 heavy (non-hydrogen) atoms. The molecule has 0 saturated heterocycles. The van der Waals surface area contributed by atoms with E-state index in [2.05, 4.69) is 4.72 Å². The van der Waals surface area contributed by atoms with Gasteiger partial charge in [-0.15, -0.1) is 0 Å². The summed E-state index contributed by atoms with van der Waals surface area (Å²) >= 11 is 0. The van der Waals surface area contributed by atoms with E-state index in [1.807, 2.05) is 0 Å². The van der Waals surface area contributed by atoms with Gasteiger partial charge in [-0.1, -0.05) is 0 Å². The molecule has 0 atom stereocenters. The first-order chi connectivity index (χ1) is 13.0. The fourth-order valence-electron chi connectivity index (χ4n) is 2.69. The van der Waals surface area contributed by atoms with E-state index in [9.17, 15) is 16.8 Å². The molecule has 0 unspecified atom stereocenters. The summed E-state index contributed by atoms with van der Waals surface area (Å²) in [5.74, 6) is 0.835. The van der Waals surface area contributed by atoms with Gasteiger partial charge in [-0.05, 0) is 49.2 Å². The number of rotatable bonds is 5. The minimum Gasteiger partial charge on any atom is -0.486 e. The third-order valence-electron chi connectivity index (χ3n) is 4.49. The van der Waals surface area contributed by atoms with Crippen molar-refractivity contribution in [2.24, 2.45) is 0 Å². The van der Waals surface area contributed by atoms with Crippen LogP contribution >= 0.6 is 0 Å². The molecule has 1 heterocycles. The van der Waals surface area contributed by atoms with Crippen molar-refractivity contribution < 1.29 is 26.3 Å². The van der Waals surface area contributed by atoms with Crippen molar-refractivity contribution in [3.05, 3.63) is 41.5 Å². The Morgan fingerprint density at radius 3 is 2.18 bits per heavy atom.